The van der Waals surface area contributed by atoms with E-state index in [4.69, 9.17) is 9.15 Å². The molecule has 1 amide bonds. The quantitative estimate of drug-likeness (QED) is 0.552. The van der Waals surface area contributed by atoms with E-state index in [1.54, 1.807) is 13.2 Å². The number of aryl methyl sites for hydroxylation is 1. The summed E-state index contributed by atoms with van der Waals surface area (Å²) in [5.74, 6) is -0.178. The summed E-state index contributed by atoms with van der Waals surface area (Å²) in [7, 11) is -2.04. The van der Waals surface area contributed by atoms with Crippen molar-refractivity contribution >= 4 is 27.0 Å². The van der Waals surface area contributed by atoms with Crippen molar-refractivity contribution in [2.24, 2.45) is 0 Å². The van der Waals surface area contributed by atoms with Crippen molar-refractivity contribution in [1.82, 2.24) is 14.2 Å². The second-order valence-electron chi connectivity index (χ2n) is 7.60. The number of sulfonamides is 1. The van der Waals surface area contributed by atoms with Crippen LogP contribution in [0.2, 0.25) is 0 Å². The Bertz CT molecular complexity index is 1290. The standard InChI is InChI=1S/C22H25N3O6S/c1-30-19-7-3-2-6-16(19)15-23-21(26)10-13-25-18-9-8-17(14-20(18)31-22(25)27)32(28,29)24-11-4-5-12-24/h2-3,6-9,14H,4-5,10-13,15H2,1H3,(H,23,26). The van der Waals surface area contributed by atoms with E-state index in [0.29, 0.717) is 30.9 Å². The van der Waals surface area contributed by atoms with Gasteiger partial charge in [0.25, 0.3) is 0 Å². The van der Waals surface area contributed by atoms with Gasteiger partial charge < -0.3 is 14.5 Å². The number of nitrogens with one attached hydrogen (secondary N) is 1. The fourth-order valence-corrected chi connectivity index (χ4v) is 5.37. The molecule has 0 radical (unpaired) electrons. The minimum absolute atomic E-state index is 0.0670. The van der Waals surface area contributed by atoms with Crippen molar-refractivity contribution in [2.75, 3.05) is 20.2 Å². The molecule has 0 aliphatic carbocycles. The van der Waals surface area contributed by atoms with E-state index >= 15 is 0 Å². The van der Waals surface area contributed by atoms with E-state index in [9.17, 15) is 18.0 Å². The van der Waals surface area contributed by atoms with Crippen LogP contribution in [0.1, 0.15) is 24.8 Å². The summed E-state index contributed by atoms with van der Waals surface area (Å²) in [6.07, 6.45) is 1.75. The van der Waals surface area contributed by atoms with Crippen molar-refractivity contribution in [2.45, 2.75) is 37.2 Å². The monoisotopic (exact) mass is 459 g/mol. The Morgan fingerprint density at radius 3 is 2.66 bits per heavy atom. The molecule has 1 saturated heterocycles. The third kappa shape index (κ3) is 4.42. The highest BCUT2D eigenvalue weighted by atomic mass is 32.2. The van der Waals surface area contributed by atoms with Gasteiger partial charge in [0.15, 0.2) is 5.58 Å². The third-order valence-corrected chi connectivity index (χ3v) is 7.47. The van der Waals surface area contributed by atoms with E-state index in [0.717, 1.165) is 18.4 Å². The third-order valence-electron chi connectivity index (χ3n) is 5.57. The highest BCUT2D eigenvalue weighted by Gasteiger charge is 2.28. The number of ether oxygens (including phenoxy) is 1. The molecule has 170 valence electrons. The zero-order valence-corrected chi connectivity index (χ0v) is 18.6. The van der Waals surface area contributed by atoms with Gasteiger partial charge in [-0.3, -0.25) is 9.36 Å². The van der Waals surface area contributed by atoms with Gasteiger partial charge >= 0.3 is 5.76 Å². The van der Waals surface area contributed by atoms with E-state index in [2.05, 4.69) is 5.32 Å². The molecule has 1 aliphatic heterocycles. The van der Waals surface area contributed by atoms with Gasteiger partial charge in [-0.25, -0.2) is 13.2 Å². The fraction of sp³-hybridized carbons (Fsp3) is 0.364. The number of aromatic nitrogens is 1. The van der Waals surface area contributed by atoms with Crippen molar-refractivity contribution in [3.63, 3.8) is 0 Å². The van der Waals surface area contributed by atoms with Crippen molar-refractivity contribution in [1.29, 1.82) is 0 Å². The molecule has 0 spiro atoms. The van der Waals surface area contributed by atoms with Crippen molar-refractivity contribution in [3.05, 3.63) is 58.6 Å². The molecular weight excluding hydrogens is 434 g/mol. The van der Waals surface area contributed by atoms with E-state index in [1.807, 2.05) is 24.3 Å². The van der Waals surface area contributed by atoms with Crippen LogP contribution in [0.4, 0.5) is 0 Å². The molecule has 2 heterocycles. The maximum Gasteiger partial charge on any atom is 0.419 e. The number of hydrogen-bond acceptors (Lipinski definition) is 6. The topological polar surface area (TPSA) is 111 Å². The summed E-state index contributed by atoms with van der Waals surface area (Å²) in [5.41, 5.74) is 1.48. The molecule has 1 fully saturated rings. The molecule has 0 saturated carbocycles. The van der Waals surface area contributed by atoms with Gasteiger partial charge in [-0.1, -0.05) is 18.2 Å². The molecule has 0 atom stereocenters. The normalized spacial score (nSPS) is 14.7. The summed E-state index contributed by atoms with van der Waals surface area (Å²) < 4.78 is 38.8. The average Bonchev–Trinajstić information content (AvgIpc) is 3.44. The minimum atomic E-state index is -3.61. The van der Waals surface area contributed by atoms with Gasteiger partial charge in [-0.15, -0.1) is 0 Å². The molecule has 9 nitrogen and oxygen atoms in total. The summed E-state index contributed by atoms with van der Waals surface area (Å²) in [4.78, 5) is 24.7. The second kappa shape index (κ2) is 9.17. The number of carbonyl (C=O) groups excluding carboxylic acids is 1. The van der Waals surface area contributed by atoms with Gasteiger partial charge in [0.2, 0.25) is 15.9 Å². The smallest absolute Gasteiger partial charge is 0.419 e. The Hall–Kier alpha value is -3.11. The number of hydrogen-bond donors (Lipinski definition) is 1. The predicted molar refractivity (Wildman–Crippen MR) is 118 cm³/mol. The summed E-state index contributed by atoms with van der Waals surface area (Å²) in [5, 5.41) is 2.81. The van der Waals surface area contributed by atoms with Crippen LogP contribution in [-0.2, 0) is 27.9 Å². The van der Waals surface area contributed by atoms with Crippen molar-refractivity contribution < 1.29 is 22.4 Å². The highest BCUT2D eigenvalue weighted by molar-refractivity contribution is 7.89. The molecule has 32 heavy (non-hydrogen) atoms. The van der Waals surface area contributed by atoms with E-state index < -0.39 is 15.8 Å². The Kier molecular flexibility index (Phi) is 6.33. The lowest BCUT2D eigenvalue weighted by Crippen LogP contribution is -2.27. The van der Waals surface area contributed by atoms with Crippen molar-refractivity contribution in [3.8, 4) is 5.75 Å². The number of para-hydroxylation sites is 1. The second-order valence-corrected chi connectivity index (χ2v) is 9.54. The molecule has 10 heteroatoms. The van der Waals surface area contributed by atoms with Gasteiger partial charge in [-0.2, -0.15) is 4.31 Å². The van der Waals surface area contributed by atoms with Crippen LogP contribution in [0.25, 0.3) is 11.1 Å². The molecule has 1 N–H and O–H groups in total. The van der Waals surface area contributed by atoms with E-state index in [-0.39, 0.29) is 29.4 Å². The molecule has 2 aromatic carbocycles. The lowest BCUT2D eigenvalue weighted by molar-refractivity contribution is -0.121. The molecule has 4 rings (SSSR count). The highest BCUT2D eigenvalue weighted by Crippen LogP contribution is 2.24. The Labute approximate surface area is 185 Å². The number of fused-ring (bicyclic) bond motifs is 1. The van der Waals surface area contributed by atoms with Crippen LogP contribution < -0.4 is 15.8 Å². The maximum absolute atomic E-state index is 12.8. The largest absolute Gasteiger partial charge is 0.496 e. The summed E-state index contributed by atoms with van der Waals surface area (Å²) in [6, 6.07) is 11.8. The first-order valence-electron chi connectivity index (χ1n) is 10.4. The fourth-order valence-electron chi connectivity index (χ4n) is 3.84. The zero-order chi connectivity index (χ0) is 22.7. The van der Waals surface area contributed by atoms with Gasteiger partial charge in [-0.05, 0) is 31.0 Å². The number of nitrogens with zero attached hydrogens (tertiary/aromatic N) is 2. The number of carbonyl (C=O) groups is 1. The first-order valence-corrected chi connectivity index (χ1v) is 11.9. The van der Waals surface area contributed by atoms with Gasteiger partial charge in [0.05, 0.1) is 17.5 Å². The van der Waals surface area contributed by atoms with Gasteiger partial charge in [0.1, 0.15) is 5.75 Å². The lowest BCUT2D eigenvalue weighted by atomic mass is 10.2. The number of benzene rings is 2. The van der Waals surface area contributed by atoms with Gasteiger partial charge in [0, 0.05) is 44.2 Å². The number of amides is 1. The first kappa shape index (κ1) is 22.1. The molecule has 3 aromatic rings. The Morgan fingerprint density at radius 1 is 1.16 bits per heavy atom. The molecule has 1 aliphatic rings. The molecule has 0 unspecified atom stereocenters. The van der Waals surface area contributed by atoms with Crippen LogP contribution in [0.5, 0.6) is 5.75 Å². The SMILES string of the molecule is COc1ccccc1CNC(=O)CCn1c(=O)oc2cc(S(=O)(=O)N3CCCC3)ccc21. The average molecular weight is 460 g/mol. The number of rotatable bonds is 8. The Morgan fingerprint density at radius 2 is 1.91 bits per heavy atom. The molecule has 1 aromatic heterocycles. The summed E-state index contributed by atoms with van der Waals surface area (Å²) >= 11 is 0. The summed E-state index contributed by atoms with van der Waals surface area (Å²) in [6.45, 7) is 1.41. The molecular formula is C22H25N3O6S. The van der Waals surface area contributed by atoms with Crippen LogP contribution in [0.15, 0.2) is 56.6 Å². The number of methoxy groups -OCH3 is 1. The van der Waals surface area contributed by atoms with Crippen LogP contribution >= 0.6 is 0 Å². The number of oxazole rings is 1. The van der Waals surface area contributed by atoms with Crippen LogP contribution in [-0.4, -0.2) is 43.4 Å². The maximum atomic E-state index is 12.8. The minimum Gasteiger partial charge on any atom is -0.496 e. The van der Waals surface area contributed by atoms with E-state index in [1.165, 1.54) is 21.0 Å². The lowest BCUT2D eigenvalue weighted by Gasteiger charge is -2.15. The van der Waals surface area contributed by atoms with Crippen LogP contribution in [0.3, 0.4) is 0 Å². The zero-order valence-electron chi connectivity index (χ0n) is 17.7. The predicted octanol–water partition coefficient (Wildman–Crippen LogP) is 2.09. The molecule has 0 bridgehead atoms. The first-order chi connectivity index (χ1) is 15.4. The van der Waals surface area contributed by atoms with Crippen LogP contribution in [0, 0.1) is 0 Å². The Balaban J connectivity index is 1.45.